The number of hydrogen-bond acceptors (Lipinski definition) is 5. The van der Waals surface area contributed by atoms with Gasteiger partial charge in [0.25, 0.3) is 0 Å². The summed E-state index contributed by atoms with van der Waals surface area (Å²) in [4.78, 5) is 11.8. The van der Waals surface area contributed by atoms with E-state index >= 15 is 0 Å². The number of aromatic nitrogens is 2. The number of nitrogens with two attached hydrogens (primary N) is 1. The fraction of sp³-hybridized carbons (Fsp3) is 0.375. The summed E-state index contributed by atoms with van der Waals surface area (Å²) in [6.45, 7) is 6.60. The van der Waals surface area contributed by atoms with E-state index in [1.54, 1.807) is 6.20 Å². The Kier molecular flexibility index (Phi) is 5.23. The van der Waals surface area contributed by atoms with Gasteiger partial charge in [-0.3, -0.25) is 10.4 Å². The van der Waals surface area contributed by atoms with Crippen LogP contribution in [0.25, 0.3) is 0 Å². The number of aromatic amines is 1. The number of benzene rings is 1. The van der Waals surface area contributed by atoms with Crippen molar-refractivity contribution in [1.82, 2.24) is 15.5 Å². The number of anilines is 2. The summed E-state index contributed by atoms with van der Waals surface area (Å²) in [5, 5.41) is 12.6. The molecule has 1 aromatic heterocycles. The molecule has 1 amide bonds. The van der Waals surface area contributed by atoms with E-state index in [-0.39, 0.29) is 0 Å². The second kappa shape index (κ2) is 7.15. The summed E-state index contributed by atoms with van der Waals surface area (Å²) in [7, 11) is 0. The second-order valence-electron chi connectivity index (χ2n) is 6.20. The topological polar surface area (TPSA) is 105 Å². The third-order valence-electron chi connectivity index (χ3n) is 3.03. The first-order chi connectivity index (χ1) is 10.8. The molecule has 5 N–H and O–H groups in total. The van der Waals surface area contributed by atoms with E-state index in [0.29, 0.717) is 18.9 Å². The third-order valence-corrected chi connectivity index (χ3v) is 3.03. The molecule has 0 aliphatic rings. The zero-order chi connectivity index (χ0) is 16.9. The van der Waals surface area contributed by atoms with E-state index in [2.05, 4.69) is 20.8 Å². The lowest BCUT2D eigenvalue weighted by atomic mass is 10.2. The molecular weight excluding hydrogens is 294 g/mol. The number of carbonyl (C=O) groups is 1. The van der Waals surface area contributed by atoms with Crippen LogP contribution in [0, 0.1) is 0 Å². The van der Waals surface area contributed by atoms with Crippen LogP contribution in [0.2, 0.25) is 0 Å². The summed E-state index contributed by atoms with van der Waals surface area (Å²) < 4.78 is 5.22. The van der Waals surface area contributed by atoms with Crippen LogP contribution >= 0.6 is 0 Å². The highest BCUT2D eigenvalue weighted by molar-refractivity contribution is 5.84. The maximum absolute atomic E-state index is 11.8. The van der Waals surface area contributed by atoms with Gasteiger partial charge in [-0.2, -0.15) is 5.10 Å². The minimum atomic E-state index is -0.548. The molecule has 0 atom stereocenters. The average Bonchev–Trinajstić information content (AvgIpc) is 2.86. The van der Waals surface area contributed by atoms with Gasteiger partial charge >= 0.3 is 6.09 Å². The summed E-state index contributed by atoms with van der Waals surface area (Å²) in [5.41, 5.74) is 7.97. The van der Waals surface area contributed by atoms with Gasteiger partial charge in [-0.25, -0.2) is 4.79 Å². The Hall–Kier alpha value is -2.54. The predicted molar refractivity (Wildman–Crippen MR) is 89.8 cm³/mol. The Labute approximate surface area is 135 Å². The first-order valence-corrected chi connectivity index (χ1v) is 7.41. The molecule has 0 aliphatic carbocycles. The number of nitrogen functional groups attached to an aromatic ring is 1. The van der Waals surface area contributed by atoms with Gasteiger partial charge in [-0.15, -0.1) is 0 Å². The Morgan fingerprint density at radius 2 is 1.96 bits per heavy atom. The van der Waals surface area contributed by atoms with Crippen LogP contribution in [-0.2, 0) is 17.8 Å². The van der Waals surface area contributed by atoms with E-state index in [1.807, 2.05) is 45.0 Å². The molecule has 124 valence electrons. The highest BCUT2D eigenvalue weighted by Crippen LogP contribution is 2.15. The van der Waals surface area contributed by atoms with E-state index in [0.717, 1.165) is 16.8 Å². The lowest BCUT2D eigenvalue weighted by Gasteiger charge is -2.19. The molecule has 1 heterocycles. The standard InChI is InChI=1S/C16H23N5O2/c1-16(2,3)23-15(22)20-14-12(10-19-21-14)9-18-8-11-6-4-5-7-13(11)17/h4-7,10,18H,8-9,17H2,1-3H3,(H2,19,20,21,22). The van der Waals surface area contributed by atoms with Gasteiger partial charge in [0, 0.05) is 24.3 Å². The summed E-state index contributed by atoms with van der Waals surface area (Å²) >= 11 is 0. The number of carbonyl (C=O) groups excluding carboxylic acids is 1. The molecule has 2 rings (SSSR count). The van der Waals surface area contributed by atoms with Crippen molar-refractivity contribution in [2.45, 2.75) is 39.5 Å². The van der Waals surface area contributed by atoms with Crippen LogP contribution in [0.4, 0.5) is 16.3 Å². The fourth-order valence-corrected chi connectivity index (χ4v) is 1.99. The SMILES string of the molecule is CC(C)(C)OC(=O)Nc1[nH]ncc1CNCc1ccccc1N. The quantitative estimate of drug-likeness (QED) is 0.634. The zero-order valence-corrected chi connectivity index (χ0v) is 13.6. The lowest BCUT2D eigenvalue weighted by Crippen LogP contribution is -2.27. The Balaban J connectivity index is 1.89. The van der Waals surface area contributed by atoms with Gasteiger partial charge in [0.2, 0.25) is 0 Å². The summed E-state index contributed by atoms with van der Waals surface area (Å²) in [6.07, 6.45) is 1.14. The molecule has 7 heteroatoms. The number of rotatable bonds is 5. The Morgan fingerprint density at radius 1 is 1.26 bits per heavy atom. The molecule has 0 saturated carbocycles. The van der Waals surface area contributed by atoms with Crippen LogP contribution in [0.15, 0.2) is 30.5 Å². The molecule has 0 bridgehead atoms. The molecule has 2 aromatic rings. The molecule has 0 radical (unpaired) electrons. The van der Waals surface area contributed by atoms with Crippen molar-refractivity contribution in [2.75, 3.05) is 11.1 Å². The van der Waals surface area contributed by atoms with Gasteiger partial charge in [0.1, 0.15) is 11.4 Å². The van der Waals surface area contributed by atoms with Gasteiger partial charge in [0.05, 0.1) is 6.20 Å². The van der Waals surface area contributed by atoms with E-state index < -0.39 is 11.7 Å². The number of nitrogens with zero attached hydrogens (tertiary/aromatic N) is 1. The first-order valence-electron chi connectivity index (χ1n) is 7.41. The maximum atomic E-state index is 11.8. The third kappa shape index (κ3) is 5.30. The van der Waals surface area contributed by atoms with Crippen molar-refractivity contribution >= 4 is 17.6 Å². The molecule has 23 heavy (non-hydrogen) atoms. The molecule has 0 unspecified atom stereocenters. The molecule has 0 fully saturated rings. The number of nitrogens with one attached hydrogen (secondary N) is 3. The van der Waals surface area contributed by atoms with Crippen molar-refractivity contribution in [3.05, 3.63) is 41.6 Å². The van der Waals surface area contributed by atoms with Gasteiger partial charge in [-0.1, -0.05) is 18.2 Å². The fourth-order valence-electron chi connectivity index (χ4n) is 1.99. The predicted octanol–water partition coefficient (Wildman–Crippen LogP) is 2.63. The number of ether oxygens (including phenoxy) is 1. The average molecular weight is 317 g/mol. The smallest absolute Gasteiger partial charge is 0.413 e. The number of para-hydroxylation sites is 1. The maximum Gasteiger partial charge on any atom is 0.413 e. The minimum Gasteiger partial charge on any atom is -0.444 e. The molecule has 0 saturated heterocycles. The van der Waals surface area contributed by atoms with Gasteiger partial charge in [0.15, 0.2) is 0 Å². The number of H-pyrrole nitrogens is 1. The monoisotopic (exact) mass is 317 g/mol. The highest BCUT2D eigenvalue weighted by atomic mass is 16.6. The second-order valence-corrected chi connectivity index (χ2v) is 6.20. The molecule has 1 aromatic carbocycles. The van der Waals surface area contributed by atoms with Crippen molar-refractivity contribution in [3.8, 4) is 0 Å². The van der Waals surface area contributed by atoms with E-state index in [4.69, 9.17) is 10.5 Å². The van der Waals surface area contributed by atoms with Crippen LogP contribution in [0.5, 0.6) is 0 Å². The molecule has 7 nitrogen and oxygen atoms in total. The Bertz CT molecular complexity index is 660. The van der Waals surface area contributed by atoms with E-state index in [1.165, 1.54) is 0 Å². The van der Waals surface area contributed by atoms with Crippen molar-refractivity contribution in [3.63, 3.8) is 0 Å². The minimum absolute atomic E-state index is 0.518. The van der Waals surface area contributed by atoms with Crippen molar-refractivity contribution in [1.29, 1.82) is 0 Å². The van der Waals surface area contributed by atoms with Crippen LogP contribution in [-0.4, -0.2) is 21.9 Å². The van der Waals surface area contributed by atoms with Crippen LogP contribution < -0.4 is 16.4 Å². The summed E-state index contributed by atoms with van der Waals surface area (Å²) in [6, 6.07) is 7.68. The van der Waals surface area contributed by atoms with Gasteiger partial charge in [-0.05, 0) is 32.4 Å². The normalized spacial score (nSPS) is 11.3. The summed E-state index contributed by atoms with van der Waals surface area (Å²) in [5.74, 6) is 0.521. The van der Waals surface area contributed by atoms with Gasteiger partial charge < -0.3 is 15.8 Å². The van der Waals surface area contributed by atoms with Crippen molar-refractivity contribution < 1.29 is 9.53 Å². The van der Waals surface area contributed by atoms with Crippen molar-refractivity contribution in [2.24, 2.45) is 0 Å². The Morgan fingerprint density at radius 3 is 2.65 bits per heavy atom. The number of amides is 1. The molecular formula is C16H23N5O2. The highest BCUT2D eigenvalue weighted by Gasteiger charge is 2.17. The van der Waals surface area contributed by atoms with E-state index in [9.17, 15) is 4.79 Å². The largest absolute Gasteiger partial charge is 0.444 e. The molecule has 0 aliphatic heterocycles. The number of hydrogen-bond donors (Lipinski definition) is 4. The zero-order valence-electron chi connectivity index (χ0n) is 13.6. The lowest BCUT2D eigenvalue weighted by molar-refractivity contribution is 0.0635. The van der Waals surface area contributed by atoms with Crippen LogP contribution in [0.1, 0.15) is 31.9 Å². The first kappa shape index (κ1) is 16.8. The van der Waals surface area contributed by atoms with Crippen LogP contribution in [0.3, 0.4) is 0 Å². The molecule has 0 spiro atoms.